The van der Waals surface area contributed by atoms with Crippen LogP contribution in [0.4, 0.5) is 34.9 Å². The predicted octanol–water partition coefficient (Wildman–Crippen LogP) is 11.7. The number of anilines is 6. The minimum atomic E-state index is 0.204. The third-order valence-corrected chi connectivity index (χ3v) is 12.5. The number of ether oxygens (including phenoxy) is 2. The van der Waals surface area contributed by atoms with Crippen LogP contribution in [0.5, 0.6) is 11.5 Å². The fourth-order valence-electron chi connectivity index (χ4n) is 8.54. The van der Waals surface area contributed by atoms with Crippen LogP contribution in [0.3, 0.4) is 0 Å². The molecule has 2 aliphatic carbocycles. The van der Waals surface area contributed by atoms with Gasteiger partial charge < -0.3 is 39.9 Å². The van der Waals surface area contributed by atoms with Crippen molar-refractivity contribution in [2.75, 3.05) is 49.6 Å². The van der Waals surface area contributed by atoms with Gasteiger partial charge in [-0.2, -0.15) is 9.97 Å². The monoisotopic (exact) mass is 960 g/mol. The van der Waals surface area contributed by atoms with E-state index in [1.165, 1.54) is 11.1 Å². The van der Waals surface area contributed by atoms with Crippen LogP contribution in [0.1, 0.15) is 58.3 Å². The Bertz CT molecular complexity index is 2810. The summed E-state index contributed by atoms with van der Waals surface area (Å²) in [5.41, 5.74) is 10.1. The molecular weight excluding hydrogens is 918 g/mol. The number of hydrogen-bond donors (Lipinski definition) is 4. The van der Waals surface area contributed by atoms with E-state index in [9.17, 15) is 0 Å². The van der Waals surface area contributed by atoms with Crippen LogP contribution in [0.15, 0.2) is 110 Å². The molecule has 10 rings (SSSR count). The summed E-state index contributed by atoms with van der Waals surface area (Å²) in [5, 5.41) is 15.4. The number of methoxy groups -OCH3 is 2. The summed E-state index contributed by atoms with van der Waals surface area (Å²) in [5.74, 6) is 4.49. The van der Waals surface area contributed by atoms with Gasteiger partial charge in [0.1, 0.15) is 46.1 Å². The van der Waals surface area contributed by atoms with E-state index in [2.05, 4.69) is 55.5 Å². The second-order valence-corrected chi connectivity index (χ2v) is 17.2. The minimum absolute atomic E-state index is 0.204. The summed E-state index contributed by atoms with van der Waals surface area (Å²) in [7, 11) is 7.03. The highest BCUT2D eigenvalue weighted by Crippen LogP contribution is 2.42. The van der Waals surface area contributed by atoms with Crippen molar-refractivity contribution in [1.82, 2.24) is 39.0 Å². The molecule has 0 fully saturated rings. The van der Waals surface area contributed by atoms with Gasteiger partial charge in [0.15, 0.2) is 0 Å². The van der Waals surface area contributed by atoms with Crippen LogP contribution >= 0.6 is 46.4 Å². The van der Waals surface area contributed by atoms with Gasteiger partial charge in [-0.05, 0) is 85.3 Å². The van der Waals surface area contributed by atoms with Gasteiger partial charge in [-0.25, -0.2) is 19.9 Å². The molecule has 18 heteroatoms. The molecule has 0 radical (unpaired) electrons. The first kappa shape index (κ1) is 44.6. The van der Waals surface area contributed by atoms with Gasteiger partial charge in [0, 0.05) is 83.0 Å². The number of imidazole rings is 2. The summed E-state index contributed by atoms with van der Waals surface area (Å²) in [4.78, 5) is 27.4. The molecule has 2 atom stereocenters. The lowest BCUT2D eigenvalue weighted by Gasteiger charge is -2.16. The van der Waals surface area contributed by atoms with Crippen molar-refractivity contribution >= 4 is 81.3 Å². The number of fused-ring (bicyclic) bond motifs is 2. The Hall–Kier alpha value is -6.58. The number of hydrogen-bond acceptors (Lipinski definition) is 12. The van der Waals surface area contributed by atoms with Gasteiger partial charge in [-0.15, -0.1) is 0 Å². The number of benzene rings is 4. The Balaban J connectivity index is 0.000000166. The van der Waals surface area contributed by atoms with Crippen LogP contribution in [0.2, 0.25) is 20.4 Å². The summed E-state index contributed by atoms with van der Waals surface area (Å²) in [6.45, 7) is 0. The number of rotatable bonds is 12. The van der Waals surface area contributed by atoms with Crippen molar-refractivity contribution in [2.45, 2.75) is 37.5 Å². The van der Waals surface area contributed by atoms with Gasteiger partial charge >= 0.3 is 0 Å². The zero-order valence-electron chi connectivity index (χ0n) is 36.3. The topological polar surface area (TPSA) is 154 Å². The van der Waals surface area contributed by atoms with Crippen molar-refractivity contribution < 1.29 is 9.47 Å². The maximum atomic E-state index is 6.09. The van der Waals surface area contributed by atoms with Crippen molar-refractivity contribution in [3.05, 3.63) is 164 Å². The smallest absolute Gasteiger partial charge is 0.229 e. The quantitative estimate of drug-likeness (QED) is 0.0921. The Morgan fingerprint density at radius 2 is 0.955 bits per heavy atom. The van der Waals surface area contributed by atoms with E-state index >= 15 is 0 Å². The lowest BCUT2D eigenvalue weighted by molar-refractivity contribution is 0.413. The molecule has 4 aromatic heterocycles. The molecule has 0 saturated carbocycles. The molecule has 0 amide bonds. The zero-order valence-corrected chi connectivity index (χ0v) is 39.3. The summed E-state index contributed by atoms with van der Waals surface area (Å²) >= 11 is 24.1. The lowest BCUT2D eigenvalue weighted by atomic mass is 9.97. The molecule has 0 bridgehead atoms. The fourth-order valence-corrected chi connectivity index (χ4v) is 9.09. The third-order valence-electron chi connectivity index (χ3n) is 11.7. The number of nitrogens with one attached hydrogen (secondary N) is 4. The highest BCUT2D eigenvalue weighted by Gasteiger charge is 2.31. The van der Waals surface area contributed by atoms with Crippen LogP contribution < -0.4 is 30.7 Å². The van der Waals surface area contributed by atoms with E-state index in [1.54, 1.807) is 39.3 Å². The van der Waals surface area contributed by atoms with Crippen LogP contribution in [-0.4, -0.2) is 67.4 Å². The Morgan fingerprint density at radius 3 is 1.30 bits per heavy atom. The summed E-state index contributed by atoms with van der Waals surface area (Å²) < 4.78 is 14.8. The van der Waals surface area contributed by atoms with E-state index in [-0.39, 0.29) is 11.8 Å². The van der Waals surface area contributed by atoms with Gasteiger partial charge in [0.25, 0.3) is 0 Å². The standard InChI is InChI=1S/2C24H22Cl2N6O/c2*1-27-23-18-9-8-17(14-3-5-15(25)6-4-14)22(18)30-24(31-23)29-16-7-10-19(20(11-16)33-2)32-12-21(26)28-13-32/h2*3-7,10-13,17H,8-9H2,1-2H3,(H2,27,29,30,31)/t2*17-/m10/s1. The number of nitrogens with zero attached hydrogens (tertiary/aromatic N) is 8. The van der Waals surface area contributed by atoms with Gasteiger partial charge in [-0.1, -0.05) is 70.7 Å². The predicted molar refractivity (Wildman–Crippen MR) is 263 cm³/mol. The van der Waals surface area contributed by atoms with Crippen LogP contribution in [-0.2, 0) is 12.8 Å². The molecule has 0 aliphatic heterocycles. The summed E-state index contributed by atoms with van der Waals surface area (Å²) in [6.07, 6.45) is 10.6. The lowest BCUT2D eigenvalue weighted by Crippen LogP contribution is -2.08. The largest absolute Gasteiger partial charge is 0.494 e. The Morgan fingerprint density at radius 1 is 0.545 bits per heavy atom. The third kappa shape index (κ3) is 9.40. The number of halogens is 4. The van der Waals surface area contributed by atoms with E-state index in [4.69, 9.17) is 75.8 Å². The molecule has 0 spiro atoms. The zero-order chi connectivity index (χ0) is 45.9. The van der Waals surface area contributed by atoms with E-state index in [1.807, 2.05) is 83.9 Å². The second kappa shape index (κ2) is 19.5. The van der Waals surface area contributed by atoms with Crippen molar-refractivity contribution in [2.24, 2.45) is 0 Å². The average Bonchev–Trinajstić information content (AvgIpc) is 4.17. The fraction of sp³-hybridized carbons (Fsp3) is 0.208. The molecule has 336 valence electrons. The first-order valence-corrected chi connectivity index (χ1v) is 22.6. The summed E-state index contributed by atoms with van der Waals surface area (Å²) in [6, 6.07) is 27.5. The SMILES string of the molecule is CNc1nc(Nc2ccc(-n3cnc(Cl)c3)c(OC)c2)nc2c1CC[C@@H]2c1ccc(Cl)cc1.CNc1nc(Nc2ccc(-n3cnc(Cl)c3)c(OC)c2)nc2c1CC[C@H]2c1ccc(Cl)cc1. The second-order valence-electron chi connectivity index (χ2n) is 15.5. The minimum Gasteiger partial charge on any atom is -0.494 e. The highest BCUT2D eigenvalue weighted by atomic mass is 35.5. The molecule has 4 N–H and O–H groups in total. The first-order chi connectivity index (χ1) is 32.1. The van der Waals surface area contributed by atoms with Gasteiger partial charge in [-0.3, -0.25) is 0 Å². The van der Waals surface area contributed by atoms with Crippen molar-refractivity contribution in [1.29, 1.82) is 0 Å². The van der Waals surface area contributed by atoms with Crippen molar-refractivity contribution in [3.8, 4) is 22.9 Å². The molecule has 4 heterocycles. The molecule has 2 aliphatic rings. The molecule has 0 saturated heterocycles. The molecule has 0 unspecified atom stereocenters. The van der Waals surface area contributed by atoms with Crippen molar-refractivity contribution in [3.63, 3.8) is 0 Å². The number of aromatic nitrogens is 8. The van der Waals surface area contributed by atoms with Gasteiger partial charge in [0.05, 0.1) is 37.0 Å². The molecule has 66 heavy (non-hydrogen) atoms. The van der Waals surface area contributed by atoms with E-state index < -0.39 is 0 Å². The maximum Gasteiger partial charge on any atom is 0.229 e. The highest BCUT2D eigenvalue weighted by molar-refractivity contribution is 6.31. The molecule has 14 nitrogen and oxygen atoms in total. The Labute approximate surface area is 401 Å². The first-order valence-electron chi connectivity index (χ1n) is 21.1. The molecular formula is C48H44Cl4N12O2. The van der Waals surface area contributed by atoms with Crippen LogP contribution in [0.25, 0.3) is 11.4 Å². The average molecular weight is 963 g/mol. The van der Waals surface area contributed by atoms with Crippen LogP contribution in [0, 0.1) is 0 Å². The normalized spacial score (nSPS) is 14.7. The van der Waals surface area contributed by atoms with E-state index in [0.717, 1.165) is 92.6 Å². The van der Waals surface area contributed by atoms with Gasteiger partial charge in [0.2, 0.25) is 11.9 Å². The van der Waals surface area contributed by atoms with E-state index in [0.29, 0.717) is 33.7 Å². The maximum absolute atomic E-state index is 6.09. The Kier molecular flexibility index (Phi) is 13.2. The molecule has 4 aromatic carbocycles. The molecule has 8 aromatic rings.